The van der Waals surface area contributed by atoms with Crippen LogP contribution in [0.5, 0.6) is 11.5 Å². The van der Waals surface area contributed by atoms with Gasteiger partial charge in [-0.1, -0.05) is 0 Å². The largest absolute Gasteiger partial charge is 0.505 e. The topological polar surface area (TPSA) is 235 Å². The van der Waals surface area contributed by atoms with E-state index in [0.717, 1.165) is 36.4 Å². The van der Waals surface area contributed by atoms with E-state index in [9.17, 15) is 49.8 Å². The fourth-order valence-electron chi connectivity index (χ4n) is 2.85. The van der Waals surface area contributed by atoms with Crippen LogP contribution in [0.2, 0.25) is 0 Å². The summed E-state index contributed by atoms with van der Waals surface area (Å²) in [6.07, 6.45) is 0. The number of rotatable bonds is 5. The van der Waals surface area contributed by atoms with Crippen LogP contribution in [0.4, 0.5) is 11.4 Å². The second kappa shape index (κ2) is 8.19. The van der Waals surface area contributed by atoms with E-state index in [1.807, 2.05) is 0 Å². The summed E-state index contributed by atoms with van der Waals surface area (Å²) in [4.78, 5) is -2.00. The molecule has 16 heteroatoms. The first-order valence-electron chi connectivity index (χ1n) is 8.51. The highest BCUT2D eigenvalue weighted by Crippen LogP contribution is 2.47. The maximum Gasteiger partial charge on any atom is 0.296 e. The van der Waals surface area contributed by atoms with Crippen molar-refractivity contribution in [1.82, 2.24) is 0 Å². The summed E-state index contributed by atoms with van der Waals surface area (Å²) in [6.45, 7) is 1.29. The summed E-state index contributed by atoms with van der Waals surface area (Å²) in [7, 11) is -13.9. The lowest BCUT2D eigenvalue weighted by atomic mass is 10.1. The Morgan fingerprint density at radius 1 is 0.727 bits per heavy atom. The van der Waals surface area contributed by atoms with E-state index >= 15 is 0 Å². The van der Waals surface area contributed by atoms with E-state index in [-0.39, 0.29) is 16.3 Å². The molecule has 0 aliphatic carbocycles. The Morgan fingerprint density at radius 3 is 1.91 bits per heavy atom. The molecular formula is C17H16N2O11S3. The van der Waals surface area contributed by atoms with Crippen LogP contribution >= 0.6 is 10.9 Å². The van der Waals surface area contributed by atoms with E-state index in [1.165, 1.54) is 6.92 Å². The third kappa shape index (κ3) is 5.07. The van der Waals surface area contributed by atoms with Crippen molar-refractivity contribution in [2.45, 2.75) is 21.6 Å². The average Bonchev–Trinajstić information content (AvgIpc) is 2.67. The molecule has 3 aromatic rings. The Balaban J connectivity index is 2.28. The highest BCUT2D eigenvalue weighted by Gasteiger charge is 2.24. The van der Waals surface area contributed by atoms with Gasteiger partial charge in [0.15, 0.2) is 5.75 Å². The van der Waals surface area contributed by atoms with Gasteiger partial charge in [0.1, 0.15) is 32.9 Å². The van der Waals surface area contributed by atoms with Crippen LogP contribution in [-0.2, 0) is 20.2 Å². The Kier molecular flexibility index (Phi) is 6.15. The van der Waals surface area contributed by atoms with Crippen LogP contribution in [-0.4, -0.2) is 49.8 Å². The molecule has 0 heterocycles. The van der Waals surface area contributed by atoms with Gasteiger partial charge >= 0.3 is 0 Å². The second-order valence-corrected chi connectivity index (χ2v) is 11.1. The minimum Gasteiger partial charge on any atom is -0.505 e. The number of phenolic OH excluding ortho intramolecular Hbond substituents is 2. The van der Waals surface area contributed by atoms with Gasteiger partial charge in [-0.3, -0.25) is 9.11 Å². The minimum absolute atomic E-state index is 0.0210. The lowest BCUT2D eigenvalue weighted by Gasteiger charge is -2.19. The number of nitrogens with zero attached hydrogens (tertiary/aromatic N) is 2. The summed E-state index contributed by atoms with van der Waals surface area (Å²) in [5.74, 6) is -1.38. The van der Waals surface area contributed by atoms with E-state index in [4.69, 9.17) is 0 Å². The zero-order valence-corrected chi connectivity index (χ0v) is 18.8. The van der Waals surface area contributed by atoms with Crippen LogP contribution in [0.25, 0.3) is 10.8 Å². The van der Waals surface area contributed by atoms with Gasteiger partial charge in [0.05, 0.1) is 9.79 Å². The number of phenols is 2. The molecule has 3 rings (SSSR count). The number of aryl methyl sites for hydroxylation is 1. The maximum atomic E-state index is 11.9. The van der Waals surface area contributed by atoms with Gasteiger partial charge in [-0.05, 0) is 54.3 Å². The van der Waals surface area contributed by atoms with E-state index in [0.29, 0.717) is 0 Å². The molecule has 0 atom stereocenters. The quantitative estimate of drug-likeness (QED) is 0.187. The van der Waals surface area contributed by atoms with Gasteiger partial charge in [-0.15, -0.1) is 10.2 Å². The molecule has 0 saturated carbocycles. The Bertz CT molecular complexity index is 1530. The highest BCUT2D eigenvalue weighted by molar-refractivity contribution is 8.19. The summed E-state index contributed by atoms with van der Waals surface area (Å²) < 4.78 is 93.5. The maximum absolute atomic E-state index is 11.9. The van der Waals surface area contributed by atoms with Gasteiger partial charge in [-0.25, -0.2) is 0 Å². The van der Waals surface area contributed by atoms with Crippen molar-refractivity contribution in [3.05, 3.63) is 42.0 Å². The fraction of sp³-hybridized carbons (Fsp3) is 0.0588. The molecule has 0 aliphatic rings. The third-order valence-corrected chi connectivity index (χ3v) is 7.01. The van der Waals surface area contributed by atoms with Gasteiger partial charge < -0.3 is 23.9 Å². The molecule has 0 saturated heterocycles. The highest BCUT2D eigenvalue weighted by atomic mass is 32.3. The molecule has 0 radical (unpaired) electrons. The summed E-state index contributed by atoms with van der Waals surface area (Å²) >= 11 is 0. The standard InChI is InChI=1S/C17H16N2O11S3/c1-8-4-11(32(25,26)27)7-13(16(8)20)18-19-15-14(33(28,29)30)6-9-5-10(31(22,23)24)2-3-12(9)17(15)21/h2-7,20-24H,1H3,(H,25,26,27)(H,28,29,30). The predicted octanol–water partition coefficient (Wildman–Crippen LogP) is 4.05. The number of aromatic hydroxyl groups is 2. The molecular weight excluding hydrogens is 504 g/mol. The lowest BCUT2D eigenvalue weighted by Crippen LogP contribution is -2.00. The van der Waals surface area contributed by atoms with E-state index in [1.54, 1.807) is 0 Å². The average molecular weight is 521 g/mol. The van der Waals surface area contributed by atoms with Gasteiger partial charge in [-0.2, -0.15) is 16.8 Å². The SMILES string of the molecule is Cc1cc(S(=O)(=O)O)cc(N=Nc2c(S(=O)(=O)O)cc3cc(S(O)(O)O)ccc3c2O)c1O. The molecule has 3 aromatic carbocycles. The molecule has 0 aliphatic heterocycles. The van der Waals surface area contributed by atoms with Crippen molar-refractivity contribution in [1.29, 1.82) is 0 Å². The molecule has 0 unspecified atom stereocenters. The summed E-state index contributed by atoms with van der Waals surface area (Å²) in [6, 6.07) is 5.61. The third-order valence-electron chi connectivity index (χ3n) is 4.43. The molecule has 0 aromatic heterocycles. The Labute approximate surface area is 188 Å². The van der Waals surface area contributed by atoms with Crippen molar-refractivity contribution in [2.75, 3.05) is 0 Å². The normalized spacial score (nSPS) is 13.6. The molecule has 7 N–H and O–H groups in total. The zero-order chi connectivity index (χ0) is 24.9. The smallest absolute Gasteiger partial charge is 0.296 e. The van der Waals surface area contributed by atoms with Crippen LogP contribution < -0.4 is 0 Å². The van der Waals surface area contributed by atoms with Gasteiger partial charge in [0.2, 0.25) is 0 Å². The van der Waals surface area contributed by atoms with E-state index < -0.39 is 68.7 Å². The van der Waals surface area contributed by atoms with Crippen molar-refractivity contribution < 1.29 is 49.8 Å². The van der Waals surface area contributed by atoms with Crippen LogP contribution in [0.3, 0.4) is 0 Å². The minimum atomic E-state index is -5.04. The van der Waals surface area contributed by atoms with Crippen molar-refractivity contribution >= 4 is 53.3 Å². The summed E-state index contributed by atoms with van der Waals surface area (Å²) in [5.41, 5.74) is -1.32. The number of azo groups is 1. The van der Waals surface area contributed by atoms with Crippen molar-refractivity contribution in [3.8, 4) is 11.5 Å². The molecule has 0 bridgehead atoms. The van der Waals surface area contributed by atoms with Crippen LogP contribution in [0, 0.1) is 6.92 Å². The molecule has 0 fully saturated rings. The monoisotopic (exact) mass is 520 g/mol. The molecule has 33 heavy (non-hydrogen) atoms. The van der Waals surface area contributed by atoms with Crippen LogP contribution in [0.15, 0.2) is 61.3 Å². The molecule has 0 spiro atoms. The Morgan fingerprint density at radius 2 is 1.36 bits per heavy atom. The fourth-order valence-corrected chi connectivity index (χ4v) is 4.63. The first-order chi connectivity index (χ1) is 15.0. The van der Waals surface area contributed by atoms with E-state index in [2.05, 4.69) is 10.2 Å². The first kappa shape index (κ1) is 24.8. The van der Waals surface area contributed by atoms with Crippen LogP contribution in [0.1, 0.15) is 5.56 Å². The summed E-state index contributed by atoms with van der Waals surface area (Å²) in [5, 5.41) is 27.6. The molecule has 13 nitrogen and oxygen atoms in total. The number of hydrogen-bond donors (Lipinski definition) is 7. The van der Waals surface area contributed by atoms with Gasteiger partial charge in [0.25, 0.3) is 20.2 Å². The predicted molar refractivity (Wildman–Crippen MR) is 116 cm³/mol. The lowest BCUT2D eigenvalue weighted by molar-refractivity contribution is 0.376. The number of benzene rings is 3. The zero-order valence-electron chi connectivity index (χ0n) is 16.3. The van der Waals surface area contributed by atoms with Crippen molar-refractivity contribution in [3.63, 3.8) is 0 Å². The molecule has 178 valence electrons. The van der Waals surface area contributed by atoms with Crippen molar-refractivity contribution in [2.24, 2.45) is 10.2 Å². The first-order valence-corrected chi connectivity index (χ1v) is 12.9. The molecule has 0 amide bonds. The Hall–Kier alpha value is -2.83. The van der Waals surface area contributed by atoms with Gasteiger partial charge in [0, 0.05) is 5.39 Å². The second-order valence-electron chi connectivity index (χ2n) is 6.73. The number of fused-ring (bicyclic) bond motifs is 1. The number of hydrogen-bond acceptors (Lipinski definition) is 11.